The van der Waals surface area contributed by atoms with E-state index in [9.17, 15) is 4.79 Å². The molecule has 0 bridgehead atoms. The maximum absolute atomic E-state index is 12.6. The molecule has 0 radical (unpaired) electrons. The number of nitrogens with one attached hydrogen (secondary N) is 1. The van der Waals surface area contributed by atoms with Gasteiger partial charge in [-0.15, -0.1) is 0 Å². The minimum absolute atomic E-state index is 0.0537. The first-order valence-corrected chi connectivity index (χ1v) is 9.70. The van der Waals surface area contributed by atoms with Gasteiger partial charge >= 0.3 is 0 Å². The number of carbonyl (C=O) groups excluding carboxylic acids is 1. The Hall–Kier alpha value is -3.21. The topological polar surface area (TPSA) is 180 Å². The summed E-state index contributed by atoms with van der Waals surface area (Å²) in [5.74, 6) is 0.937. The lowest BCUT2D eigenvalue weighted by molar-refractivity contribution is 0.0852. The van der Waals surface area contributed by atoms with Crippen LogP contribution in [0.3, 0.4) is 0 Å². The van der Waals surface area contributed by atoms with E-state index >= 15 is 0 Å². The summed E-state index contributed by atoms with van der Waals surface area (Å²) in [6.07, 6.45) is 2.15. The Kier molecular flexibility index (Phi) is 10.8. The highest BCUT2D eigenvalue weighted by Crippen LogP contribution is 2.29. The molecule has 0 unspecified atom stereocenters. The summed E-state index contributed by atoms with van der Waals surface area (Å²) in [7, 11) is 3.48. The first-order valence-electron chi connectivity index (χ1n) is 9.70. The first kappa shape index (κ1) is 24.8. The Morgan fingerprint density at radius 3 is 2.10 bits per heavy atom. The van der Waals surface area contributed by atoms with Crippen LogP contribution in [0, 0.1) is 6.92 Å². The molecule has 0 heterocycles. The number of benzene rings is 1. The molecule has 11 heteroatoms. The fourth-order valence-corrected chi connectivity index (χ4v) is 2.44. The number of guanidine groups is 2. The molecule has 0 saturated heterocycles. The van der Waals surface area contributed by atoms with Gasteiger partial charge in [0.05, 0.1) is 18.8 Å². The van der Waals surface area contributed by atoms with E-state index in [0.29, 0.717) is 49.8 Å². The molecule has 9 N–H and O–H groups in total. The highest BCUT2D eigenvalue weighted by atomic mass is 16.5. The van der Waals surface area contributed by atoms with E-state index in [2.05, 4.69) is 15.4 Å². The number of nitrogens with zero attached hydrogens (tertiary/aromatic N) is 3. The minimum Gasteiger partial charge on any atom is -0.493 e. The molecule has 0 atom stereocenters. The number of amides is 1. The third kappa shape index (κ3) is 9.82. The summed E-state index contributed by atoms with van der Waals surface area (Å²) in [5.41, 5.74) is 25.2. The number of unbranched alkanes of at least 4 members (excludes halogenated alkanes) is 1. The maximum Gasteiger partial charge on any atom is 0.269 e. The van der Waals surface area contributed by atoms with Crippen molar-refractivity contribution in [2.45, 2.75) is 26.2 Å². The molecular formula is C19H34N8O3. The number of aryl methyl sites for hydroxylation is 1. The molecule has 0 aliphatic rings. The molecule has 0 aliphatic heterocycles. The molecule has 30 heavy (non-hydrogen) atoms. The van der Waals surface area contributed by atoms with E-state index in [1.807, 2.05) is 6.92 Å². The van der Waals surface area contributed by atoms with Crippen LogP contribution in [0.1, 0.15) is 35.2 Å². The van der Waals surface area contributed by atoms with E-state index in [4.69, 9.17) is 32.4 Å². The molecular weight excluding hydrogens is 388 g/mol. The lowest BCUT2D eigenvalue weighted by atomic mass is 10.1. The van der Waals surface area contributed by atoms with Crippen LogP contribution in [-0.4, -0.2) is 63.2 Å². The van der Waals surface area contributed by atoms with Crippen molar-refractivity contribution in [1.29, 1.82) is 0 Å². The average Bonchev–Trinajstić information content (AvgIpc) is 2.64. The van der Waals surface area contributed by atoms with Crippen LogP contribution in [0.5, 0.6) is 11.5 Å². The number of hydrogen-bond acceptors (Lipinski definition) is 6. The van der Waals surface area contributed by atoms with Gasteiger partial charge < -0.3 is 32.4 Å². The maximum atomic E-state index is 12.6. The van der Waals surface area contributed by atoms with Crippen molar-refractivity contribution < 1.29 is 14.3 Å². The van der Waals surface area contributed by atoms with Crippen LogP contribution in [-0.2, 0) is 0 Å². The van der Waals surface area contributed by atoms with Crippen molar-refractivity contribution >= 4 is 17.8 Å². The highest BCUT2D eigenvalue weighted by Gasteiger charge is 2.17. The zero-order chi connectivity index (χ0) is 22.5. The summed E-state index contributed by atoms with van der Waals surface area (Å²) < 4.78 is 11.7. The van der Waals surface area contributed by atoms with Crippen LogP contribution in [0.2, 0.25) is 0 Å². The highest BCUT2D eigenvalue weighted by molar-refractivity contribution is 5.97. The van der Waals surface area contributed by atoms with Crippen molar-refractivity contribution in [3.8, 4) is 11.5 Å². The number of nitrogens with two attached hydrogens (primary N) is 4. The fourth-order valence-electron chi connectivity index (χ4n) is 2.44. The Morgan fingerprint density at radius 2 is 1.50 bits per heavy atom. The number of ether oxygens (including phenoxy) is 2. The first-order chi connectivity index (χ1) is 14.2. The zero-order valence-electron chi connectivity index (χ0n) is 18.0. The van der Waals surface area contributed by atoms with Crippen molar-refractivity contribution in [2.75, 3.05) is 40.4 Å². The molecule has 0 fully saturated rings. The van der Waals surface area contributed by atoms with Crippen molar-refractivity contribution in [2.24, 2.45) is 32.9 Å². The molecule has 168 valence electrons. The van der Waals surface area contributed by atoms with Gasteiger partial charge in [0.2, 0.25) is 0 Å². The fraction of sp³-hybridized carbons (Fsp3) is 0.526. The Bertz CT molecular complexity index is 742. The van der Waals surface area contributed by atoms with Crippen molar-refractivity contribution in [3.05, 3.63) is 23.3 Å². The van der Waals surface area contributed by atoms with E-state index in [1.54, 1.807) is 31.2 Å². The Balaban J connectivity index is 2.83. The van der Waals surface area contributed by atoms with Crippen LogP contribution in [0.15, 0.2) is 22.1 Å². The van der Waals surface area contributed by atoms with Gasteiger partial charge in [-0.2, -0.15) is 0 Å². The lowest BCUT2D eigenvalue weighted by Crippen LogP contribution is -2.36. The molecule has 0 aliphatic carbocycles. The van der Waals surface area contributed by atoms with Gasteiger partial charge in [-0.3, -0.25) is 20.2 Å². The summed E-state index contributed by atoms with van der Waals surface area (Å²) in [6, 6.07) is 3.48. The van der Waals surface area contributed by atoms with Gasteiger partial charge in [-0.1, -0.05) is 0 Å². The summed E-state index contributed by atoms with van der Waals surface area (Å²) in [6.45, 7) is 3.71. The van der Waals surface area contributed by atoms with Gasteiger partial charge in [-0.05, 0) is 31.4 Å². The Morgan fingerprint density at radius 1 is 0.933 bits per heavy atom. The average molecular weight is 423 g/mol. The van der Waals surface area contributed by atoms with Crippen LogP contribution in [0.4, 0.5) is 0 Å². The standard InChI is InChI=1S/C19H34N8O3/c1-13-11-14(17(28)26-27(2)3)16(30-9-5-4-7-24-18(20)21)12-15(13)29-10-6-8-25-19(22)23/h11-12H,4-10H2,1-3H3,(H,26,28)(H4,20,21,24)(H4,22,23,25). The summed E-state index contributed by atoms with van der Waals surface area (Å²) in [5, 5.41) is 1.57. The van der Waals surface area contributed by atoms with Gasteiger partial charge in [0, 0.05) is 39.7 Å². The normalized spacial score (nSPS) is 10.4. The molecule has 11 nitrogen and oxygen atoms in total. The monoisotopic (exact) mass is 422 g/mol. The lowest BCUT2D eigenvalue weighted by Gasteiger charge is -2.18. The van der Waals surface area contributed by atoms with Gasteiger partial charge in [0.1, 0.15) is 11.5 Å². The summed E-state index contributed by atoms with van der Waals surface area (Å²) in [4.78, 5) is 20.4. The smallest absolute Gasteiger partial charge is 0.269 e. The quantitative estimate of drug-likeness (QED) is 0.124. The predicted octanol–water partition coefficient (Wildman–Crippen LogP) is -0.324. The van der Waals surface area contributed by atoms with Crippen LogP contribution in [0.25, 0.3) is 0 Å². The number of aliphatic imine (C=N–C) groups is 2. The van der Waals surface area contributed by atoms with E-state index in [0.717, 1.165) is 18.4 Å². The molecule has 0 aromatic heterocycles. The predicted molar refractivity (Wildman–Crippen MR) is 119 cm³/mol. The number of hydrazine groups is 1. The molecule has 1 aromatic rings. The zero-order valence-corrected chi connectivity index (χ0v) is 18.0. The van der Waals surface area contributed by atoms with Crippen LogP contribution < -0.4 is 37.8 Å². The van der Waals surface area contributed by atoms with Crippen molar-refractivity contribution in [1.82, 2.24) is 10.4 Å². The van der Waals surface area contributed by atoms with Gasteiger partial charge in [0.25, 0.3) is 5.91 Å². The van der Waals surface area contributed by atoms with Gasteiger partial charge in [-0.25, -0.2) is 5.01 Å². The molecule has 0 saturated carbocycles. The molecule has 0 spiro atoms. The largest absolute Gasteiger partial charge is 0.493 e. The SMILES string of the molecule is Cc1cc(C(=O)NN(C)C)c(OCCCCN=C(N)N)cc1OCCCN=C(N)N. The second-order valence-electron chi connectivity index (χ2n) is 6.82. The number of carbonyl (C=O) groups is 1. The third-order valence-corrected chi connectivity index (χ3v) is 3.81. The molecule has 1 amide bonds. The number of hydrogen-bond donors (Lipinski definition) is 5. The molecule has 1 aromatic carbocycles. The summed E-state index contributed by atoms with van der Waals surface area (Å²) >= 11 is 0. The van der Waals surface area contributed by atoms with E-state index in [-0.39, 0.29) is 17.8 Å². The van der Waals surface area contributed by atoms with E-state index in [1.165, 1.54) is 0 Å². The van der Waals surface area contributed by atoms with Gasteiger partial charge in [0.15, 0.2) is 11.9 Å². The van der Waals surface area contributed by atoms with Crippen LogP contribution >= 0.6 is 0 Å². The Labute approximate surface area is 177 Å². The number of rotatable bonds is 13. The third-order valence-electron chi connectivity index (χ3n) is 3.81. The van der Waals surface area contributed by atoms with Crippen molar-refractivity contribution in [3.63, 3.8) is 0 Å². The second-order valence-corrected chi connectivity index (χ2v) is 6.82. The molecule has 1 rings (SSSR count). The second kappa shape index (κ2) is 13.1. The minimum atomic E-state index is -0.266. The van der Waals surface area contributed by atoms with E-state index < -0.39 is 0 Å².